The third-order valence-corrected chi connectivity index (χ3v) is 6.29. The molecule has 3 N–H and O–H groups in total. The third kappa shape index (κ3) is 5.77. The van der Waals surface area contributed by atoms with Crippen LogP contribution in [-0.4, -0.2) is 23.4 Å². The lowest BCUT2D eigenvalue weighted by atomic mass is 10.3. The molecule has 8 nitrogen and oxygen atoms in total. The summed E-state index contributed by atoms with van der Waals surface area (Å²) in [6.07, 6.45) is 1.71. The Labute approximate surface area is 201 Å². The Kier molecular flexibility index (Phi) is 6.62. The maximum atomic E-state index is 13.3. The second-order valence-corrected chi connectivity index (χ2v) is 9.50. The van der Waals surface area contributed by atoms with E-state index in [4.69, 9.17) is 11.6 Å². The van der Waals surface area contributed by atoms with Crippen LogP contribution in [0, 0.1) is 19.7 Å². The van der Waals surface area contributed by atoms with E-state index in [0.717, 1.165) is 23.8 Å². The average molecular weight is 499 g/mol. The summed E-state index contributed by atoms with van der Waals surface area (Å²) in [6.45, 7) is 3.75. The van der Waals surface area contributed by atoms with Gasteiger partial charge < -0.3 is 10.6 Å². The van der Waals surface area contributed by atoms with Crippen LogP contribution in [0.25, 0.3) is 0 Å². The second-order valence-electron chi connectivity index (χ2n) is 7.41. The standard InChI is InChI=1S/C23H20ClFN6O2S/c1-14-9-10-26-21(11-14)30-23-13-22(27-15(2)28-23)29-16-3-5-17(6-4-16)31-34(32,33)18-7-8-20(25)19(24)12-18/h3-13,31H,1-2H3,(H2,26,27,28,29,30). The lowest BCUT2D eigenvalue weighted by molar-refractivity contribution is 0.599. The first-order valence-corrected chi connectivity index (χ1v) is 11.9. The minimum absolute atomic E-state index is 0.138. The molecule has 2 aromatic heterocycles. The third-order valence-electron chi connectivity index (χ3n) is 4.62. The molecule has 34 heavy (non-hydrogen) atoms. The quantitative estimate of drug-likeness (QED) is 0.305. The molecule has 2 heterocycles. The highest BCUT2D eigenvalue weighted by atomic mass is 35.5. The van der Waals surface area contributed by atoms with Crippen molar-refractivity contribution in [1.29, 1.82) is 0 Å². The molecule has 174 valence electrons. The molecule has 0 amide bonds. The van der Waals surface area contributed by atoms with Gasteiger partial charge in [-0.05, 0) is 74.0 Å². The van der Waals surface area contributed by atoms with Crippen LogP contribution in [0.3, 0.4) is 0 Å². The van der Waals surface area contributed by atoms with E-state index >= 15 is 0 Å². The number of nitrogens with one attached hydrogen (secondary N) is 3. The number of anilines is 5. The fraction of sp³-hybridized carbons (Fsp3) is 0.0870. The summed E-state index contributed by atoms with van der Waals surface area (Å²) in [5.74, 6) is 1.67. The summed E-state index contributed by atoms with van der Waals surface area (Å²) in [4.78, 5) is 12.9. The Morgan fingerprint density at radius 1 is 0.824 bits per heavy atom. The maximum absolute atomic E-state index is 13.3. The van der Waals surface area contributed by atoms with Crippen molar-refractivity contribution in [3.63, 3.8) is 0 Å². The fourth-order valence-corrected chi connectivity index (χ4v) is 4.39. The van der Waals surface area contributed by atoms with Gasteiger partial charge in [0.15, 0.2) is 0 Å². The van der Waals surface area contributed by atoms with E-state index in [0.29, 0.717) is 34.7 Å². The van der Waals surface area contributed by atoms with Crippen molar-refractivity contribution < 1.29 is 12.8 Å². The molecule has 0 fully saturated rings. The van der Waals surface area contributed by atoms with Crippen molar-refractivity contribution in [2.75, 3.05) is 15.4 Å². The molecular formula is C23H20ClFN6O2S. The molecule has 0 aliphatic heterocycles. The van der Waals surface area contributed by atoms with Gasteiger partial charge in [0.2, 0.25) is 0 Å². The van der Waals surface area contributed by atoms with Gasteiger partial charge in [-0.15, -0.1) is 0 Å². The highest BCUT2D eigenvalue weighted by Gasteiger charge is 2.16. The van der Waals surface area contributed by atoms with Crippen molar-refractivity contribution in [1.82, 2.24) is 15.0 Å². The van der Waals surface area contributed by atoms with Crippen LogP contribution in [0.1, 0.15) is 11.4 Å². The molecule has 0 radical (unpaired) electrons. The van der Waals surface area contributed by atoms with Gasteiger partial charge in [-0.1, -0.05) is 11.6 Å². The van der Waals surface area contributed by atoms with Gasteiger partial charge >= 0.3 is 0 Å². The molecule has 0 unspecified atom stereocenters. The van der Waals surface area contributed by atoms with Gasteiger partial charge in [-0.3, -0.25) is 4.72 Å². The molecule has 0 saturated carbocycles. The Hall–Kier alpha value is -3.76. The van der Waals surface area contributed by atoms with E-state index in [9.17, 15) is 12.8 Å². The lowest BCUT2D eigenvalue weighted by Crippen LogP contribution is -2.13. The first-order chi connectivity index (χ1) is 16.2. The smallest absolute Gasteiger partial charge is 0.261 e. The molecule has 2 aromatic carbocycles. The first kappa shape index (κ1) is 23.4. The Balaban J connectivity index is 1.47. The first-order valence-electron chi connectivity index (χ1n) is 10.1. The number of hydrogen-bond donors (Lipinski definition) is 3. The minimum atomic E-state index is -3.92. The van der Waals surface area contributed by atoms with E-state index in [-0.39, 0.29) is 9.92 Å². The molecule has 0 aliphatic carbocycles. The maximum Gasteiger partial charge on any atom is 0.261 e. The van der Waals surface area contributed by atoms with Gasteiger partial charge in [-0.2, -0.15) is 0 Å². The van der Waals surface area contributed by atoms with E-state index in [1.807, 2.05) is 19.1 Å². The number of halogens is 2. The average Bonchev–Trinajstić information content (AvgIpc) is 2.76. The summed E-state index contributed by atoms with van der Waals surface area (Å²) < 4.78 is 40.9. The normalized spacial score (nSPS) is 11.2. The van der Waals surface area contributed by atoms with Crippen LogP contribution in [0.2, 0.25) is 5.02 Å². The van der Waals surface area contributed by atoms with Crippen LogP contribution < -0.4 is 15.4 Å². The van der Waals surface area contributed by atoms with E-state index in [1.165, 1.54) is 0 Å². The predicted molar refractivity (Wildman–Crippen MR) is 131 cm³/mol. The second kappa shape index (κ2) is 9.62. The van der Waals surface area contributed by atoms with Crippen LogP contribution in [0.15, 0.2) is 71.8 Å². The lowest BCUT2D eigenvalue weighted by Gasteiger charge is -2.12. The number of hydrogen-bond acceptors (Lipinski definition) is 7. The molecule has 4 rings (SSSR count). The summed E-state index contributed by atoms with van der Waals surface area (Å²) in [5.41, 5.74) is 2.09. The molecular weight excluding hydrogens is 479 g/mol. The highest BCUT2D eigenvalue weighted by Crippen LogP contribution is 2.24. The van der Waals surface area contributed by atoms with E-state index in [2.05, 4.69) is 30.3 Å². The number of rotatable bonds is 7. The summed E-state index contributed by atoms with van der Waals surface area (Å²) in [5, 5.41) is 6.06. The Morgan fingerprint density at radius 3 is 2.18 bits per heavy atom. The number of aryl methyl sites for hydroxylation is 2. The van der Waals surface area contributed by atoms with Crippen LogP contribution >= 0.6 is 11.6 Å². The molecule has 0 atom stereocenters. The van der Waals surface area contributed by atoms with Crippen LogP contribution in [0.4, 0.5) is 33.2 Å². The van der Waals surface area contributed by atoms with Gasteiger partial charge in [0, 0.05) is 23.6 Å². The zero-order valence-corrected chi connectivity index (χ0v) is 19.7. The number of sulfonamides is 1. The van der Waals surface area contributed by atoms with Gasteiger partial charge in [-0.25, -0.2) is 27.8 Å². The molecule has 0 bridgehead atoms. The molecule has 0 saturated heterocycles. The van der Waals surface area contributed by atoms with E-state index < -0.39 is 15.8 Å². The number of aromatic nitrogens is 3. The van der Waals surface area contributed by atoms with Gasteiger partial charge in [0.1, 0.15) is 29.1 Å². The SMILES string of the molecule is Cc1ccnc(Nc2cc(Nc3ccc(NS(=O)(=O)c4ccc(F)c(Cl)c4)cc3)nc(C)n2)c1. The fourth-order valence-electron chi connectivity index (χ4n) is 3.06. The van der Waals surface area contributed by atoms with Crippen molar-refractivity contribution >= 4 is 50.5 Å². The number of nitrogens with zero attached hydrogens (tertiary/aromatic N) is 3. The largest absolute Gasteiger partial charge is 0.340 e. The Morgan fingerprint density at radius 2 is 1.50 bits per heavy atom. The zero-order valence-electron chi connectivity index (χ0n) is 18.2. The van der Waals surface area contributed by atoms with Crippen molar-refractivity contribution in [3.8, 4) is 0 Å². The summed E-state index contributed by atoms with van der Waals surface area (Å²) in [6, 6.07) is 15.3. The molecule has 11 heteroatoms. The molecule has 0 spiro atoms. The number of pyridine rings is 1. The summed E-state index contributed by atoms with van der Waals surface area (Å²) >= 11 is 5.70. The minimum Gasteiger partial charge on any atom is -0.340 e. The van der Waals surface area contributed by atoms with Crippen molar-refractivity contribution in [3.05, 3.63) is 89.1 Å². The van der Waals surface area contributed by atoms with Gasteiger partial charge in [0.05, 0.1) is 9.92 Å². The topological polar surface area (TPSA) is 109 Å². The summed E-state index contributed by atoms with van der Waals surface area (Å²) in [7, 11) is -3.92. The molecule has 0 aliphatic rings. The van der Waals surface area contributed by atoms with Crippen molar-refractivity contribution in [2.45, 2.75) is 18.7 Å². The van der Waals surface area contributed by atoms with Crippen molar-refractivity contribution in [2.24, 2.45) is 0 Å². The van der Waals surface area contributed by atoms with Crippen LogP contribution in [0.5, 0.6) is 0 Å². The number of benzene rings is 2. The predicted octanol–water partition coefficient (Wildman–Crippen LogP) is 5.57. The van der Waals surface area contributed by atoms with Gasteiger partial charge in [0.25, 0.3) is 10.0 Å². The zero-order chi connectivity index (χ0) is 24.3. The monoisotopic (exact) mass is 498 g/mol. The highest BCUT2D eigenvalue weighted by molar-refractivity contribution is 7.92. The molecule has 4 aromatic rings. The van der Waals surface area contributed by atoms with E-state index in [1.54, 1.807) is 43.5 Å². The van der Waals surface area contributed by atoms with Crippen LogP contribution in [-0.2, 0) is 10.0 Å². The Bertz CT molecular complexity index is 1450.